The fraction of sp³-hybridized carbons (Fsp3) is 0.211. The molecule has 2 aromatic carbocycles. The Kier molecular flexibility index (Phi) is 5.08. The molecule has 9 nitrogen and oxygen atoms in total. The maximum Gasteiger partial charge on any atom is 0.263 e. The Hall–Kier alpha value is -3.53. The average Bonchev–Trinajstić information content (AvgIpc) is 3.23. The molecular formula is C19H15ClFN5O4. The lowest BCUT2D eigenvalue weighted by Crippen LogP contribution is -2.43. The van der Waals surface area contributed by atoms with Crippen molar-refractivity contribution in [3.8, 4) is 5.75 Å². The van der Waals surface area contributed by atoms with Crippen molar-refractivity contribution in [2.75, 3.05) is 23.9 Å². The van der Waals surface area contributed by atoms with E-state index in [-0.39, 0.29) is 22.9 Å². The zero-order chi connectivity index (χ0) is 21.4. The van der Waals surface area contributed by atoms with Gasteiger partial charge >= 0.3 is 0 Å². The number of imide groups is 1. The number of ether oxygens (including phenoxy) is 1. The topological polar surface area (TPSA) is 104 Å². The van der Waals surface area contributed by atoms with E-state index in [4.69, 9.17) is 16.3 Å². The molecular weight excluding hydrogens is 417 g/mol. The molecule has 0 bridgehead atoms. The molecule has 1 fully saturated rings. The number of benzene rings is 2. The minimum atomic E-state index is -1.07. The number of amides is 3. The number of hydrogen-bond donors (Lipinski definition) is 1. The van der Waals surface area contributed by atoms with E-state index in [2.05, 4.69) is 15.7 Å². The van der Waals surface area contributed by atoms with Gasteiger partial charge < -0.3 is 10.1 Å². The van der Waals surface area contributed by atoms with Gasteiger partial charge in [-0.3, -0.25) is 19.4 Å². The second-order valence-corrected chi connectivity index (χ2v) is 6.96. The zero-order valence-electron chi connectivity index (χ0n) is 15.6. The minimum Gasteiger partial charge on any atom is -0.495 e. The van der Waals surface area contributed by atoms with Crippen LogP contribution in [-0.2, 0) is 14.4 Å². The Bertz CT molecular complexity index is 1080. The van der Waals surface area contributed by atoms with Crippen molar-refractivity contribution in [1.29, 1.82) is 0 Å². The summed E-state index contributed by atoms with van der Waals surface area (Å²) >= 11 is 6.10. The highest BCUT2D eigenvalue weighted by Crippen LogP contribution is 2.35. The summed E-state index contributed by atoms with van der Waals surface area (Å²) in [5.41, 5.74) is 0.259. The molecule has 154 valence electrons. The number of nitrogens with one attached hydrogen (secondary N) is 1. The van der Waals surface area contributed by atoms with Gasteiger partial charge in [0.05, 0.1) is 23.5 Å². The molecule has 0 spiro atoms. The van der Waals surface area contributed by atoms with E-state index in [1.54, 1.807) is 6.07 Å². The quantitative estimate of drug-likeness (QED) is 0.732. The van der Waals surface area contributed by atoms with Crippen LogP contribution in [0.15, 0.2) is 52.8 Å². The molecule has 2 heterocycles. The van der Waals surface area contributed by atoms with Crippen LogP contribution in [0.25, 0.3) is 0 Å². The first-order chi connectivity index (χ1) is 14.4. The number of fused-ring (bicyclic) bond motifs is 1. The van der Waals surface area contributed by atoms with Crippen LogP contribution in [0.5, 0.6) is 5.75 Å². The van der Waals surface area contributed by atoms with E-state index in [0.29, 0.717) is 5.75 Å². The standard InChI is InChI=1S/C19H15ClFN5O4/c1-30-14-7-6-10(8-11(14)20)26-18(28)16-17(19(26)29)25(24-23-16)9-15(27)22-13-5-3-2-4-12(13)21/h2-8,16-17H,9H2,1H3,(H,22,27)/t16-,17+/m1/s1. The normalized spacial score (nSPS) is 20.0. The first-order valence-electron chi connectivity index (χ1n) is 8.84. The minimum absolute atomic E-state index is 0.00138. The summed E-state index contributed by atoms with van der Waals surface area (Å²) in [5, 5.41) is 11.4. The van der Waals surface area contributed by atoms with E-state index < -0.39 is 35.6 Å². The maximum atomic E-state index is 13.7. The number of para-hydroxylation sites is 1. The highest BCUT2D eigenvalue weighted by Gasteiger charge is 2.55. The van der Waals surface area contributed by atoms with Crippen molar-refractivity contribution in [2.24, 2.45) is 10.3 Å². The number of halogens is 2. The van der Waals surface area contributed by atoms with Crippen LogP contribution in [0, 0.1) is 5.82 Å². The van der Waals surface area contributed by atoms with Crippen molar-refractivity contribution in [3.05, 3.63) is 53.3 Å². The lowest BCUT2D eigenvalue weighted by atomic mass is 10.1. The van der Waals surface area contributed by atoms with Crippen LogP contribution in [0.1, 0.15) is 0 Å². The predicted octanol–water partition coefficient (Wildman–Crippen LogP) is 2.42. The van der Waals surface area contributed by atoms with Crippen molar-refractivity contribution in [3.63, 3.8) is 0 Å². The van der Waals surface area contributed by atoms with Gasteiger partial charge in [-0.25, -0.2) is 9.29 Å². The van der Waals surface area contributed by atoms with Gasteiger partial charge in [-0.05, 0) is 30.3 Å². The Morgan fingerprint density at radius 3 is 2.70 bits per heavy atom. The van der Waals surface area contributed by atoms with E-state index >= 15 is 0 Å². The highest BCUT2D eigenvalue weighted by molar-refractivity contribution is 6.33. The molecule has 2 aliphatic rings. The summed E-state index contributed by atoms with van der Waals surface area (Å²) in [4.78, 5) is 38.9. The van der Waals surface area contributed by atoms with E-state index in [1.807, 2.05) is 0 Å². The molecule has 0 radical (unpaired) electrons. The smallest absolute Gasteiger partial charge is 0.263 e. The fourth-order valence-electron chi connectivity index (χ4n) is 3.30. The van der Waals surface area contributed by atoms with E-state index in [0.717, 1.165) is 9.91 Å². The van der Waals surface area contributed by atoms with Gasteiger partial charge in [-0.15, -0.1) is 0 Å². The number of rotatable bonds is 5. The van der Waals surface area contributed by atoms with Gasteiger partial charge in [0, 0.05) is 0 Å². The third-order valence-corrected chi connectivity index (χ3v) is 5.00. The molecule has 0 unspecified atom stereocenters. The molecule has 0 saturated carbocycles. The van der Waals surface area contributed by atoms with Gasteiger partial charge in [0.1, 0.15) is 18.1 Å². The summed E-state index contributed by atoms with van der Waals surface area (Å²) in [5.74, 6) is -1.97. The molecule has 4 rings (SSSR count). The number of carbonyl (C=O) groups is 3. The van der Waals surface area contributed by atoms with Crippen LogP contribution in [-0.4, -0.2) is 48.5 Å². The predicted molar refractivity (Wildman–Crippen MR) is 105 cm³/mol. The second kappa shape index (κ2) is 7.71. The first kappa shape index (κ1) is 19.8. The molecule has 2 atom stereocenters. The highest BCUT2D eigenvalue weighted by atomic mass is 35.5. The van der Waals surface area contributed by atoms with Crippen LogP contribution in [0.2, 0.25) is 5.02 Å². The monoisotopic (exact) mass is 431 g/mol. The Morgan fingerprint density at radius 2 is 2.00 bits per heavy atom. The Morgan fingerprint density at radius 1 is 1.23 bits per heavy atom. The lowest BCUT2D eigenvalue weighted by Gasteiger charge is -2.20. The summed E-state index contributed by atoms with van der Waals surface area (Å²) in [6.07, 6.45) is 0. The molecule has 11 heteroatoms. The SMILES string of the molecule is COc1ccc(N2C(=O)[C@@H]3[C@@H](N=NN3CC(=O)Nc3ccccc3F)C2=O)cc1Cl. The van der Waals surface area contributed by atoms with Crippen molar-refractivity contribution < 1.29 is 23.5 Å². The molecule has 2 aromatic rings. The zero-order valence-corrected chi connectivity index (χ0v) is 16.3. The van der Waals surface area contributed by atoms with Crippen LogP contribution >= 0.6 is 11.6 Å². The van der Waals surface area contributed by atoms with Crippen molar-refractivity contribution in [1.82, 2.24) is 5.01 Å². The Labute approximate surface area is 175 Å². The number of anilines is 2. The third kappa shape index (κ3) is 3.35. The largest absolute Gasteiger partial charge is 0.495 e. The molecule has 0 aromatic heterocycles. The number of nitrogens with zero attached hydrogens (tertiary/aromatic N) is 4. The Balaban J connectivity index is 1.51. The van der Waals surface area contributed by atoms with Crippen molar-refractivity contribution >= 4 is 40.7 Å². The number of hydrogen-bond acceptors (Lipinski definition) is 7. The second-order valence-electron chi connectivity index (χ2n) is 6.55. The lowest BCUT2D eigenvalue weighted by molar-refractivity contribution is -0.123. The third-order valence-electron chi connectivity index (χ3n) is 4.71. The molecule has 0 aliphatic carbocycles. The van der Waals surface area contributed by atoms with Gasteiger partial charge in [-0.2, -0.15) is 5.11 Å². The van der Waals surface area contributed by atoms with Crippen molar-refractivity contribution in [2.45, 2.75) is 12.1 Å². The van der Waals surface area contributed by atoms with Gasteiger partial charge in [-0.1, -0.05) is 29.0 Å². The maximum absolute atomic E-state index is 13.7. The summed E-state index contributed by atoms with van der Waals surface area (Å²) in [6.45, 7) is -0.380. The van der Waals surface area contributed by atoms with E-state index in [9.17, 15) is 18.8 Å². The van der Waals surface area contributed by atoms with Gasteiger partial charge in [0.15, 0.2) is 12.1 Å². The molecule has 30 heavy (non-hydrogen) atoms. The molecule has 2 aliphatic heterocycles. The van der Waals surface area contributed by atoms with E-state index in [1.165, 1.54) is 43.5 Å². The molecule has 1 N–H and O–H groups in total. The van der Waals surface area contributed by atoms with Crippen LogP contribution in [0.3, 0.4) is 0 Å². The summed E-state index contributed by atoms with van der Waals surface area (Å²) in [6, 6.07) is 8.03. The summed E-state index contributed by atoms with van der Waals surface area (Å²) in [7, 11) is 1.45. The fourth-order valence-corrected chi connectivity index (χ4v) is 3.55. The van der Waals surface area contributed by atoms with Crippen LogP contribution < -0.4 is 15.0 Å². The molecule has 3 amide bonds. The van der Waals surface area contributed by atoms with Gasteiger partial charge in [0.2, 0.25) is 5.91 Å². The summed E-state index contributed by atoms with van der Waals surface area (Å²) < 4.78 is 18.8. The van der Waals surface area contributed by atoms with Crippen LogP contribution in [0.4, 0.5) is 15.8 Å². The number of carbonyl (C=O) groups excluding carboxylic acids is 3. The molecule has 1 saturated heterocycles. The first-order valence-corrected chi connectivity index (χ1v) is 9.21. The van der Waals surface area contributed by atoms with Gasteiger partial charge in [0.25, 0.3) is 11.8 Å². The average molecular weight is 432 g/mol. The number of methoxy groups -OCH3 is 1.